The number of hydrogen-bond acceptors (Lipinski definition) is 2. The molecule has 0 aliphatic heterocycles. The fourth-order valence-electron chi connectivity index (χ4n) is 2.67. The summed E-state index contributed by atoms with van der Waals surface area (Å²) in [7, 11) is 0. The van der Waals surface area contributed by atoms with Gasteiger partial charge in [-0.2, -0.15) is 0 Å². The van der Waals surface area contributed by atoms with E-state index in [0.29, 0.717) is 18.8 Å². The fraction of sp³-hybridized carbons (Fsp3) is 0.300. The molecule has 0 N–H and O–H groups in total. The number of benzene rings is 2. The van der Waals surface area contributed by atoms with Gasteiger partial charge >= 0.3 is 0 Å². The van der Waals surface area contributed by atoms with E-state index in [2.05, 4.69) is 0 Å². The quantitative estimate of drug-likeness (QED) is 0.724. The zero-order chi connectivity index (χ0) is 19.1. The van der Waals surface area contributed by atoms with Crippen LogP contribution >= 0.6 is 11.6 Å². The van der Waals surface area contributed by atoms with Crippen molar-refractivity contribution in [1.29, 1.82) is 0 Å². The average Bonchev–Trinajstić information content (AvgIpc) is 2.63. The summed E-state index contributed by atoms with van der Waals surface area (Å²) >= 11 is 5.80. The van der Waals surface area contributed by atoms with Crippen molar-refractivity contribution in [3.63, 3.8) is 0 Å². The molecule has 138 valence electrons. The second-order valence-corrected chi connectivity index (χ2v) is 6.32. The normalized spacial score (nSPS) is 10.5. The van der Waals surface area contributed by atoms with E-state index in [1.54, 1.807) is 4.90 Å². The molecule has 0 aliphatic rings. The van der Waals surface area contributed by atoms with Gasteiger partial charge in [0.15, 0.2) is 0 Å². The smallest absolute Gasteiger partial charge is 0.224 e. The van der Waals surface area contributed by atoms with Gasteiger partial charge in [0.2, 0.25) is 11.8 Å². The van der Waals surface area contributed by atoms with Crippen LogP contribution in [0.4, 0.5) is 10.1 Å². The molecule has 0 saturated carbocycles. The lowest BCUT2D eigenvalue weighted by Gasteiger charge is -2.25. The van der Waals surface area contributed by atoms with E-state index in [0.717, 1.165) is 5.56 Å². The summed E-state index contributed by atoms with van der Waals surface area (Å²) in [6, 6.07) is 13.8. The highest BCUT2D eigenvalue weighted by Gasteiger charge is 2.18. The van der Waals surface area contributed by atoms with Crippen molar-refractivity contribution < 1.29 is 14.0 Å². The van der Waals surface area contributed by atoms with Crippen LogP contribution in [0.15, 0.2) is 48.5 Å². The maximum atomic E-state index is 13.3. The van der Waals surface area contributed by atoms with E-state index in [9.17, 15) is 14.0 Å². The fourth-order valence-corrected chi connectivity index (χ4v) is 2.84. The Kier molecular flexibility index (Phi) is 7.16. The Hall–Kier alpha value is -2.40. The molecule has 2 aromatic rings. The molecule has 0 atom stereocenters. The van der Waals surface area contributed by atoms with E-state index in [4.69, 9.17) is 11.6 Å². The number of rotatable bonds is 7. The SMILES string of the molecule is CCN(Cc1ccccc1)C(=O)CCN(C(C)=O)c1ccc(F)c(Cl)c1. The molecule has 0 heterocycles. The van der Waals surface area contributed by atoms with Gasteiger partial charge < -0.3 is 9.80 Å². The van der Waals surface area contributed by atoms with Crippen molar-refractivity contribution >= 4 is 29.1 Å². The van der Waals surface area contributed by atoms with E-state index in [-0.39, 0.29) is 29.8 Å². The Labute approximate surface area is 158 Å². The average molecular weight is 377 g/mol. The first-order valence-corrected chi connectivity index (χ1v) is 8.85. The van der Waals surface area contributed by atoms with Gasteiger partial charge in [-0.15, -0.1) is 0 Å². The number of anilines is 1. The predicted molar refractivity (Wildman–Crippen MR) is 102 cm³/mol. The monoisotopic (exact) mass is 376 g/mol. The molecule has 4 nitrogen and oxygen atoms in total. The molecule has 0 spiro atoms. The third-order valence-electron chi connectivity index (χ3n) is 4.09. The molecule has 0 bridgehead atoms. The Morgan fingerprint density at radius 1 is 1.12 bits per heavy atom. The number of carbonyl (C=O) groups excluding carboxylic acids is 2. The highest BCUT2D eigenvalue weighted by atomic mass is 35.5. The molecule has 0 saturated heterocycles. The van der Waals surface area contributed by atoms with E-state index in [1.807, 2.05) is 37.3 Å². The Bertz CT molecular complexity index is 768. The molecule has 6 heteroatoms. The highest BCUT2D eigenvalue weighted by Crippen LogP contribution is 2.23. The highest BCUT2D eigenvalue weighted by molar-refractivity contribution is 6.31. The molecule has 0 radical (unpaired) electrons. The predicted octanol–water partition coefficient (Wildman–Crippen LogP) is 4.27. The molecule has 26 heavy (non-hydrogen) atoms. The van der Waals surface area contributed by atoms with Crippen LogP contribution in [-0.2, 0) is 16.1 Å². The second kappa shape index (κ2) is 9.34. The zero-order valence-electron chi connectivity index (χ0n) is 14.9. The minimum absolute atomic E-state index is 0.0455. The lowest BCUT2D eigenvalue weighted by molar-refractivity contribution is -0.131. The van der Waals surface area contributed by atoms with Gasteiger partial charge in [-0.05, 0) is 30.7 Å². The van der Waals surface area contributed by atoms with Crippen molar-refractivity contribution in [2.75, 3.05) is 18.0 Å². The van der Waals surface area contributed by atoms with Crippen molar-refractivity contribution in [3.8, 4) is 0 Å². The maximum Gasteiger partial charge on any atom is 0.224 e. The van der Waals surface area contributed by atoms with Crippen molar-refractivity contribution in [2.24, 2.45) is 0 Å². The summed E-state index contributed by atoms with van der Waals surface area (Å²) in [5.74, 6) is -0.822. The summed E-state index contributed by atoms with van der Waals surface area (Å²) in [5, 5.41) is -0.0562. The lowest BCUT2D eigenvalue weighted by atomic mass is 10.2. The number of amides is 2. The van der Waals surface area contributed by atoms with Gasteiger partial charge in [0.25, 0.3) is 0 Å². The van der Waals surface area contributed by atoms with E-state index in [1.165, 1.54) is 30.0 Å². The first-order chi connectivity index (χ1) is 12.4. The van der Waals surface area contributed by atoms with Gasteiger partial charge in [0.1, 0.15) is 5.82 Å². The third-order valence-corrected chi connectivity index (χ3v) is 4.38. The number of hydrogen-bond donors (Lipinski definition) is 0. The zero-order valence-corrected chi connectivity index (χ0v) is 15.7. The third kappa shape index (κ3) is 5.30. The molecule has 0 aliphatic carbocycles. The van der Waals surface area contributed by atoms with Crippen LogP contribution in [0.25, 0.3) is 0 Å². The van der Waals surface area contributed by atoms with Crippen molar-refractivity contribution in [2.45, 2.75) is 26.8 Å². The Morgan fingerprint density at radius 3 is 2.38 bits per heavy atom. The molecule has 2 amide bonds. The van der Waals surface area contributed by atoms with Gasteiger partial charge in [-0.1, -0.05) is 41.9 Å². The Morgan fingerprint density at radius 2 is 1.81 bits per heavy atom. The van der Waals surface area contributed by atoms with Crippen LogP contribution in [-0.4, -0.2) is 29.8 Å². The Balaban J connectivity index is 2.03. The number of halogens is 2. The molecule has 0 fully saturated rings. The van der Waals surface area contributed by atoms with Crippen molar-refractivity contribution in [1.82, 2.24) is 4.90 Å². The standard InChI is InChI=1S/C20H22ClFN2O2/c1-3-23(14-16-7-5-4-6-8-16)20(26)11-12-24(15(2)25)17-9-10-19(22)18(21)13-17/h4-10,13H,3,11-12,14H2,1-2H3. The minimum Gasteiger partial charge on any atom is -0.339 e. The first-order valence-electron chi connectivity index (χ1n) is 8.47. The van der Waals surface area contributed by atoms with Crippen LogP contribution in [0, 0.1) is 5.82 Å². The summed E-state index contributed by atoms with van der Waals surface area (Å²) in [4.78, 5) is 27.7. The van der Waals surface area contributed by atoms with Crippen molar-refractivity contribution in [3.05, 3.63) is 64.9 Å². The van der Waals surface area contributed by atoms with Crippen LogP contribution in [0.3, 0.4) is 0 Å². The van der Waals surface area contributed by atoms with Crippen LogP contribution in [0.2, 0.25) is 5.02 Å². The molecular formula is C20H22ClFN2O2. The summed E-state index contributed by atoms with van der Waals surface area (Å²) in [6.07, 6.45) is 0.176. The van der Waals surface area contributed by atoms with Gasteiger partial charge in [-0.25, -0.2) is 4.39 Å². The molecular weight excluding hydrogens is 355 g/mol. The topological polar surface area (TPSA) is 40.6 Å². The number of nitrogens with zero attached hydrogens (tertiary/aromatic N) is 2. The minimum atomic E-state index is -0.546. The summed E-state index contributed by atoms with van der Waals surface area (Å²) < 4.78 is 13.3. The van der Waals surface area contributed by atoms with Gasteiger partial charge in [0, 0.05) is 38.7 Å². The number of carbonyl (C=O) groups is 2. The summed E-state index contributed by atoms with van der Waals surface area (Å²) in [5.41, 5.74) is 1.53. The van der Waals surface area contributed by atoms with Crippen LogP contribution in [0.5, 0.6) is 0 Å². The molecule has 2 aromatic carbocycles. The van der Waals surface area contributed by atoms with Crippen LogP contribution in [0.1, 0.15) is 25.8 Å². The molecule has 2 rings (SSSR count). The van der Waals surface area contributed by atoms with E-state index < -0.39 is 5.82 Å². The largest absolute Gasteiger partial charge is 0.339 e. The van der Waals surface area contributed by atoms with Gasteiger partial charge in [0.05, 0.1) is 5.02 Å². The first kappa shape index (κ1) is 19.9. The lowest BCUT2D eigenvalue weighted by Crippen LogP contribution is -2.36. The molecule has 0 aromatic heterocycles. The van der Waals surface area contributed by atoms with Crippen LogP contribution < -0.4 is 4.90 Å². The summed E-state index contributed by atoms with van der Waals surface area (Å²) in [6.45, 7) is 4.64. The second-order valence-electron chi connectivity index (χ2n) is 5.91. The molecule has 0 unspecified atom stereocenters. The van der Waals surface area contributed by atoms with Gasteiger partial charge in [-0.3, -0.25) is 9.59 Å². The maximum absolute atomic E-state index is 13.3. The van der Waals surface area contributed by atoms with E-state index >= 15 is 0 Å².